The maximum atomic E-state index is 13.7. The molecule has 100 valence electrons. The summed E-state index contributed by atoms with van der Waals surface area (Å²) in [6.07, 6.45) is 1.48. The summed E-state index contributed by atoms with van der Waals surface area (Å²) in [6, 6.07) is 7.09. The van der Waals surface area contributed by atoms with E-state index in [1.807, 2.05) is 0 Å². The highest BCUT2D eigenvalue weighted by Gasteiger charge is 2.09. The number of hydrogen-bond donors (Lipinski definition) is 2. The van der Waals surface area contributed by atoms with E-state index in [0.29, 0.717) is 0 Å². The van der Waals surface area contributed by atoms with E-state index in [2.05, 4.69) is 27.4 Å². The number of carbonyl (C=O) groups is 1. The highest BCUT2D eigenvalue weighted by molar-refractivity contribution is 6.03. The van der Waals surface area contributed by atoms with Crippen molar-refractivity contribution in [2.24, 2.45) is 0 Å². The highest BCUT2D eigenvalue weighted by Crippen LogP contribution is 2.11. The zero-order chi connectivity index (χ0) is 14.4. The van der Waals surface area contributed by atoms with Gasteiger partial charge in [0.2, 0.25) is 0 Å². The van der Waals surface area contributed by atoms with Gasteiger partial charge in [-0.05, 0) is 30.3 Å². The monoisotopic (exact) mass is 271 g/mol. The summed E-state index contributed by atoms with van der Waals surface area (Å²) in [5.41, 5.74) is 0.262. The van der Waals surface area contributed by atoms with Crippen molar-refractivity contribution >= 4 is 11.7 Å². The number of nitrogens with zero attached hydrogens (tertiary/aromatic N) is 2. The molecule has 0 saturated carbocycles. The van der Waals surface area contributed by atoms with Crippen LogP contribution in [-0.4, -0.2) is 27.8 Å². The average Bonchev–Trinajstić information content (AvgIpc) is 2.47. The Hall–Kier alpha value is -2.78. The highest BCUT2D eigenvalue weighted by atomic mass is 19.1. The molecule has 1 aromatic heterocycles. The van der Waals surface area contributed by atoms with Crippen LogP contribution >= 0.6 is 0 Å². The second kappa shape index (κ2) is 6.41. The Kier molecular flexibility index (Phi) is 4.37. The standard InChI is InChI=1S/C14H10FN3O2/c15-12-9-11(6-5-10(12)3-2-8-19)14(20)17-13-4-1-7-16-18-13/h1,4-7,9,19H,8H2,(H,17,18,20). The molecule has 20 heavy (non-hydrogen) atoms. The second-order valence-electron chi connectivity index (χ2n) is 3.72. The molecule has 1 aromatic carbocycles. The first-order valence-electron chi connectivity index (χ1n) is 5.69. The molecule has 1 heterocycles. The average molecular weight is 271 g/mol. The van der Waals surface area contributed by atoms with Crippen molar-refractivity contribution in [3.05, 3.63) is 53.5 Å². The molecule has 2 N–H and O–H groups in total. The molecule has 0 unspecified atom stereocenters. The fourth-order valence-corrected chi connectivity index (χ4v) is 1.45. The molecule has 0 saturated heterocycles. The SMILES string of the molecule is O=C(Nc1cccnn1)c1ccc(C#CCO)c(F)c1. The van der Waals surface area contributed by atoms with Gasteiger partial charge in [0.25, 0.3) is 5.91 Å². The second-order valence-corrected chi connectivity index (χ2v) is 3.72. The van der Waals surface area contributed by atoms with Gasteiger partial charge < -0.3 is 10.4 Å². The van der Waals surface area contributed by atoms with Crippen LogP contribution in [0.15, 0.2) is 36.5 Å². The van der Waals surface area contributed by atoms with Crippen molar-refractivity contribution in [2.75, 3.05) is 11.9 Å². The van der Waals surface area contributed by atoms with Gasteiger partial charge in [0.05, 0.1) is 5.56 Å². The van der Waals surface area contributed by atoms with Gasteiger partial charge in [-0.15, -0.1) is 5.10 Å². The van der Waals surface area contributed by atoms with E-state index >= 15 is 0 Å². The third kappa shape index (κ3) is 3.37. The van der Waals surface area contributed by atoms with Gasteiger partial charge in [-0.25, -0.2) is 4.39 Å². The zero-order valence-electron chi connectivity index (χ0n) is 10.3. The third-order valence-corrected chi connectivity index (χ3v) is 2.35. The Morgan fingerprint density at radius 3 is 2.90 bits per heavy atom. The molecule has 0 atom stereocenters. The molecule has 0 aliphatic carbocycles. The van der Waals surface area contributed by atoms with Gasteiger partial charge in [-0.1, -0.05) is 11.8 Å². The van der Waals surface area contributed by atoms with E-state index in [4.69, 9.17) is 5.11 Å². The number of aliphatic hydroxyl groups is 1. The summed E-state index contributed by atoms with van der Waals surface area (Å²) in [4.78, 5) is 11.9. The summed E-state index contributed by atoms with van der Waals surface area (Å²) in [5.74, 6) is 3.95. The maximum Gasteiger partial charge on any atom is 0.256 e. The molecule has 0 aliphatic heterocycles. The van der Waals surface area contributed by atoms with E-state index in [-0.39, 0.29) is 23.6 Å². The number of benzene rings is 1. The number of amides is 1. The fraction of sp³-hybridized carbons (Fsp3) is 0.0714. The van der Waals surface area contributed by atoms with Gasteiger partial charge in [0, 0.05) is 11.8 Å². The van der Waals surface area contributed by atoms with Gasteiger partial charge in [0.15, 0.2) is 5.82 Å². The van der Waals surface area contributed by atoms with Crippen molar-refractivity contribution in [2.45, 2.75) is 0 Å². The van der Waals surface area contributed by atoms with E-state index in [1.165, 1.54) is 18.3 Å². The molecule has 5 nitrogen and oxygen atoms in total. The molecule has 0 spiro atoms. The lowest BCUT2D eigenvalue weighted by molar-refractivity contribution is 0.102. The number of aromatic nitrogens is 2. The van der Waals surface area contributed by atoms with Crippen LogP contribution in [0.25, 0.3) is 0 Å². The van der Waals surface area contributed by atoms with Crippen molar-refractivity contribution in [1.29, 1.82) is 0 Å². The summed E-state index contributed by atoms with van der Waals surface area (Å²) in [7, 11) is 0. The lowest BCUT2D eigenvalue weighted by Gasteiger charge is -2.04. The molecule has 2 aromatic rings. The van der Waals surface area contributed by atoms with Gasteiger partial charge in [0.1, 0.15) is 12.4 Å². The number of halogens is 1. The van der Waals surface area contributed by atoms with Crippen LogP contribution in [0, 0.1) is 17.7 Å². The Bertz CT molecular complexity index is 678. The summed E-state index contributed by atoms with van der Waals surface area (Å²) in [5, 5.41) is 18.4. The normalized spacial score (nSPS) is 9.50. The van der Waals surface area contributed by atoms with Crippen molar-refractivity contribution in [3.8, 4) is 11.8 Å². The Labute approximate surface area is 114 Å². The van der Waals surface area contributed by atoms with E-state index in [1.54, 1.807) is 12.1 Å². The van der Waals surface area contributed by atoms with Gasteiger partial charge in [-0.2, -0.15) is 5.10 Å². The lowest BCUT2D eigenvalue weighted by Crippen LogP contribution is -2.13. The minimum Gasteiger partial charge on any atom is -0.384 e. The van der Waals surface area contributed by atoms with E-state index in [0.717, 1.165) is 6.07 Å². The molecule has 0 radical (unpaired) electrons. The Morgan fingerprint density at radius 2 is 2.25 bits per heavy atom. The lowest BCUT2D eigenvalue weighted by atomic mass is 10.1. The number of carbonyl (C=O) groups excluding carboxylic acids is 1. The number of nitrogens with one attached hydrogen (secondary N) is 1. The molecule has 0 aliphatic rings. The summed E-state index contributed by atoms with van der Waals surface area (Å²) >= 11 is 0. The zero-order valence-corrected chi connectivity index (χ0v) is 10.3. The van der Waals surface area contributed by atoms with Crippen LogP contribution in [0.3, 0.4) is 0 Å². The van der Waals surface area contributed by atoms with Gasteiger partial charge >= 0.3 is 0 Å². The van der Waals surface area contributed by atoms with Gasteiger partial charge in [-0.3, -0.25) is 4.79 Å². The van der Waals surface area contributed by atoms with Crippen LogP contribution in [0.2, 0.25) is 0 Å². The first-order valence-corrected chi connectivity index (χ1v) is 5.69. The third-order valence-electron chi connectivity index (χ3n) is 2.35. The van der Waals surface area contributed by atoms with Crippen molar-refractivity contribution < 1.29 is 14.3 Å². The molecule has 0 bridgehead atoms. The van der Waals surface area contributed by atoms with Crippen LogP contribution in [-0.2, 0) is 0 Å². The van der Waals surface area contributed by atoms with E-state index in [9.17, 15) is 9.18 Å². The predicted octanol–water partition coefficient (Wildman–Crippen LogP) is 1.21. The quantitative estimate of drug-likeness (QED) is 0.805. The number of anilines is 1. The largest absolute Gasteiger partial charge is 0.384 e. The Morgan fingerprint density at radius 1 is 1.40 bits per heavy atom. The van der Waals surface area contributed by atoms with Crippen LogP contribution in [0.5, 0.6) is 0 Å². The smallest absolute Gasteiger partial charge is 0.256 e. The van der Waals surface area contributed by atoms with Crippen LogP contribution in [0.1, 0.15) is 15.9 Å². The predicted molar refractivity (Wildman–Crippen MR) is 70.3 cm³/mol. The fourth-order valence-electron chi connectivity index (χ4n) is 1.45. The van der Waals surface area contributed by atoms with Crippen LogP contribution < -0.4 is 5.32 Å². The molecule has 6 heteroatoms. The molecular weight excluding hydrogens is 261 g/mol. The molecule has 1 amide bonds. The number of rotatable bonds is 2. The molecule has 0 fully saturated rings. The Balaban J connectivity index is 2.17. The molecule has 2 rings (SSSR count). The van der Waals surface area contributed by atoms with Crippen molar-refractivity contribution in [1.82, 2.24) is 10.2 Å². The minimum atomic E-state index is -0.627. The summed E-state index contributed by atoms with van der Waals surface area (Å²) in [6.45, 7) is -0.353. The van der Waals surface area contributed by atoms with Crippen molar-refractivity contribution in [3.63, 3.8) is 0 Å². The van der Waals surface area contributed by atoms with E-state index < -0.39 is 11.7 Å². The number of hydrogen-bond acceptors (Lipinski definition) is 4. The first kappa shape index (κ1) is 13.6. The number of aliphatic hydroxyl groups excluding tert-OH is 1. The maximum absolute atomic E-state index is 13.7. The molecular formula is C14H10FN3O2. The minimum absolute atomic E-state index is 0.120. The van der Waals surface area contributed by atoms with Crippen LogP contribution in [0.4, 0.5) is 10.2 Å². The topological polar surface area (TPSA) is 75.1 Å². The first-order chi connectivity index (χ1) is 9.70. The summed E-state index contributed by atoms with van der Waals surface area (Å²) < 4.78 is 13.7.